The molecule has 0 bridgehead atoms. The average Bonchev–Trinajstić information content (AvgIpc) is 3.29. The summed E-state index contributed by atoms with van der Waals surface area (Å²) < 4.78 is 15.2. The molecule has 25 heavy (non-hydrogen) atoms. The van der Waals surface area contributed by atoms with Crippen LogP contribution >= 0.6 is 0 Å². The molecule has 1 aliphatic rings. The van der Waals surface area contributed by atoms with Gasteiger partial charge in [-0.3, -0.25) is 19.2 Å². The number of aliphatic hydroxyl groups excluding tert-OH is 1. The van der Waals surface area contributed by atoms with Crippen molar-refractivity contribution in [2.24, 2.45) is 5.92 Å². The molecule has 0 aliphatic heterocycles. The Morgan fingerprint density at radius 3 is 1.88 bits per heavy atom. The summed E-state index contributed by atoms with van der Waals surface area (Å²) in [6.07, 6.45) is -2.22. The van der Waals surface area contributed by atoms with Crippen LogP contribution in [0, 0.1) is 5.92 Å². The van der Waals surface area contributed by atoms with Crippen molar-refractivity contribution >= 4 is 23.8 Å². The van der Waals surface area contributed by atoms with Gasteiger partial charge in [-0.1, -0.05) is 0 Å². The normalized spacial score (nSPS) is 18.3. The van der Waals surface area contributed by atoms with Crippen LogP contribution in [0.15, 0.2) is 0 Å². The van der Waals surface area contributed by atoms with Crippen LogP contribution in [0.3, 0.4) is 0 Å². The van der Waals surface area contributed by atoms with Crippen LogP contribution in [-0.4, -0.2) is 59.9 Å². The predicted molar refractivity (Wildman–Crippen MR) is 84.1 cm³/mol. The molecule has 142 valence electrons. The Balaban J connectivity index is 3.07. The topological polar surface area (TPSA) is 128 Å². The predicted octanol–water partition coefficient (Wildman–Crippen LogP) is -0.311. The first-order valence-corrected chi connectivity index (χ1v) is 8.04. The first-order valence-electron chi connectivity index (χ1n) is 8.04. The number of amides is 1. The maximum atomic E-state index is 11.5. The zero-order valence-corrected chi connectivity index (χ0v) is 14.8. The van der Waals surface area contributed by atoms with E-state index >= 15 is 0 Å². The molecule has 2 N–H and O–H groups in total. The molecule has 0 aromatic rings. The van der Waals surface area contributed by atoms with Crippen LogP contribution in [-0.2, 0) is 33.4 Å². The fourth-order valence-electron chi connectivity index (χ4n) is 2.55. The summed E-state index contributed by atoms with van der Waals surface area (Å²) in [6.45, 7) is 4.36. The fourth-order valence-corrected chi connectivity index (χ4v) is 2.55. The highest BCUT2D eigenvalue weighted by molar-refractivity contribution is 5.73. The van der Waals surface area contributed by atoms with Crippen molar-refractivity contribution in [1.29, 1.82) is 0 Å². The van der Waals surface area contributed by atoms with E-state index in [0.29, 0.717) is 0 Å². The maximum Gasteiger partial charge on any atom is 0.303 e. The van der Waals surface area contributed by atoms with E-state index in [-0.39, 0.29) is 11.8 Å². The third-order valence-corrected chi connectivity index (χ3v) is 3.62. The number of hydrogen-bond donors (Lipinski definition) is 2. The molecule has 0 radical (unpaired) electrons. The van der Waals surface area contributed by atoms with Crippen molar-refractivity contribution in [1.82, 2.24) is 5.32 Å². The van der Waals surface area contributed by atoms with Gasteiger partial charge in [-0.25, -0.2) is 0 Å². The Kier molecular flexibility index (Phi) is 7.82. The van der Waals surface area contributed by atoms with Crippen molar-refractivity contribution in [2.75, 3.05) is 6.61 Å². The molecule has 4 atom stereocenters. The number of aliphatic hydroxyl groups is 1. The second-order valence-electron chi connectivity index (χ2n) is 6.08. The maximum absolute atomic E-state index is 11.5. The number of nitrogens with one attached hydrogen (secondary N) is 1. The summed E-state index contributed by atoms with van der Waals surface area (Å²) >= 11 is 0. The van der Waals surface area contributed by atoms with E-state index in [4.69, 9.17) is 14.2 Å². The third kappa shape index (κ3) is 7.51. The first kappa shape index (κ1) is 20.9. The van der Waals surface area contributed by atoms with Gasteiger partial charge >= 0.3 is 17.9 Å². The van der Waals surface area contributed by atoms with E-state index in [0.717, 1.165) is 19.8 Å². The lowest BCUT2D eigenvalue weighted by Crippen LogP contribution is -2.56. The highest BCUT2D eigenvalue weighted by Gasteiger charge is 2.46. The summed E-state index contributed by atoms with van der Waals surface area (Å²) in [5.74, 6) is -2.29. The molecular formula is C16H25NO8. The zero-order chi connectivity index (χ0) is 19.1. The minimum atomic E-state index is -1.42. The Morgan fingerprint density at radius 2 is 1.48 bits per heavy atom. The van der Waals surface area contributed by atoms with Gasteiger partial charge in [0.05, 0.1) is 6.04 Å². The molecule has 9 nitrogen and oxygen atoms in total. The summed E-state index contributed by atoms with van der Waals surface area (Å²) in [7, 11) is 0. The van der Waals surface area contributed by atoms with Crippen LogP contribution in [0.25, 0.3) is 0 Å². The highest BCUT2D eigenvalue weighted by Crippen LogP contribution is 2.36. The van der Waals surface area contributed by atoms with Crippen molar-refractivity contribution in [3.8, 4) is 0 Å². The van der Waals surface area contributed by atoms with Crippen molar-refractivity contribution in [2.45, 2.75) is 64.9 Å². The van der Waals surface area contributed by atoms with Gasteiger partial charge in [0.2, 0.25) is 5.91 Å². The molecule has 1 amide bonds. The standard InChI is InChI=1S/C16H25NO8/c1-8(18)17-14(12-5-6-12)16(25-11(4)21)15(24-10(3)20)13(22)7-23-9(2)19/h12-16,22H,5-7H2,1-4H3,(H,17,18)/t13?,14?,15-,16?/m0/s1. The van der Waals surface area contributed by atoms with Crippen LogP contribution in [0.2, 0.25) is 0 Å². The van der Waals surface area contributed by atoms with Gasteiger partial charge < -0.3 is 24.6 Å². The second kappa shape index (κ2) is 9.36. The lowest BCUT2D eigenvalue weighted by molar-refractivity contribution is -0.183. The number of ether oxygens (including phenoxy) is 3. The van der Waals surface area contributed by atoms with Gasteiger partial charge in [0.1, 0.15) is 12.7 Å². The highest BCUT2D eigenvalue weighted by atomic mass is 16.6. The zero-order valence-electron chi connectivity index (χ0n) is 14.8. The largest absolute Gasteiger partial charge is 0.463 e. The third-order valence-electron chi connectivity index (χ3n) is 3.62. The van der Waals surface area contributed by atoms with E-state index in [1.807, 2.05) is 0 Å². The number of esters is 3. The Bertz CT molecular complexity index is 516. The Hall–Kier alpha value is -2.16. The molecule has 1 aliphatic carbocycles. The lowest BCUT2D eigenvalue weighted by atomic mass is 9.96. The van der Waals surface area contributed by atoms with Gasteiger partial charge in [-0.05, 0) is 18.8 Å². The Morgan fingerprint density at radius 1 is 0.960 bits per heavy atom. The van der Waals surface area contributed by atoms with E-state index in [1.165, 1.54) is 20.8 Å². The van der Waals surface area contributed by atoms with Gasteiger partial charge in [-0.2, -0.15) is 0 Å². The second-order valence-corrected chi connectivity index (χ2v) is 6.08. The number of carbonyl (C=O) groups is 4. The van der Waals surface area contributed by atoms with E-state index in [9.17, 15) is 24.3 Å². The summed E-state index contributed by atoms with van der Waals surface area (Å²) in [5, 5.41) is 13.0. The minimum absolute atomic E-state index is 0.0345. The SMILES string of the molecule is CC(=O)NC(C1CC1)C(OC(C)=O)[C@@H](OC(C)=O)C(O)COC(C)=O. The van der Waals surface area contributed by atoms with Crippen LogP contribution in [0.4, 0.5) is 0 Å². The van der Waals surface area contributed by atoms with E-state index in [1.54, 1.807) is 0 Å². The summed E-state index contributed by atoms with van der Waals surface area (Å²) in [6, 6.07) is -0.627. The molecular weight excluding hydrogens is 334 g/mol. The van der Waals surface area contributed by atoms with Gasteiger partial charge in [0.25, 0.3) is 0 Å². The monoisotopic (exact) mass is 359 g/mol. The average molecular weight is 359 g/mol. The van der Waals surface area contributed by atoms with Gasteiger partial charge in [0, 0.05) is 27.7 Å². The molecule has 3 unspecified atom stereocenters. The molecule has 1 saturated carbocycles. The molecule has 0 saturated heterocycles. The van der Waals surface area contributed by atoms with Crippen molar-refractivity contribution in [3.63, 3.8) is 0 Å². The minimum Gasteiger partial charge on any atom is -0.463 e. The number of carbonyl (C=O) groups excluding carboxylic acids is 4. The number of hydrogen-bond acceptors (Lipinski definition) is 8. The van der Waals surface area contributed by atoms with E-state index < -0.39 is 48.9 Å². The summed E-state index contributed by atoms with van der Waals surface area (Å²) in [5.41, 5.74) is 0. The molecule has 1 rings (SSSR count). The van der Waals surface area contributed by atoms with Gasteiger partial charge in [0.15, 0.2) is 12.2 Å². The Labute approximate surface area is 146 Å². The van der Waals surface area contributed by atoms with E-state index in [2.05, 4.69) is 5.32 Å². The van der Waals surface area contributed by atoms with Gasteiger partial charge in [-0.15, -0.1) is 0 Å². The molecule has 0 aromatic carbocycles. The van der Waals surface area contributed by atoms with Crippen LogP contribution in [0.1, 0.15) is 40.5 Å². The number of rotatable bonds is 9. The fraction of sp³-hybridized carbons (Fsp3) is 0.750. The van der Waals surface area contributed by atoms with Crippen LogP contribution < -0.4 is 5.32 Å². The molecule has 0 spiro atoms. The molecule has 0 heterocycles. The van der Waals surface area contributed by atoms with Crippen LogP contribution in [0.5, 0.6) is 0 Å². The van der Waals surface area contributed by atoms with Crippen molar-refractivity contribution in [3.05, 3.63) is 0 Å². The summed E-state index contributed by atoms with van der Waals surface area (Å²) in [4.78, 5) is 45.4. The molecule has 9 heteroatoms. The van der Waals surface area contributed by atoms with Crippen molar-refractivity contribution < 1.29 is 38.5 Å². The quantitative estimate of drug-likeness (QED) is 0.424. The smallest absolute Gasteiger partial charge is 0.303 e. The molecule has 0 aromatic heterocycles. The first-order chi connectivity index (χ1) is 11.6. The lowest BCUT2D eigenvalue weighted by Gasteiger charge is -2.35. The molecule has 1 fully saturated rings.